The van der Waals surface area contributed by atoms with Crippen LogP contribution in [0.25, 0.3) is 0 Å². The van der Waals surface area contributed by atoms with E-state index in [1.165, 1.54) is 18.5 Å². The van der Waals surface area contributed by atoms with Crippen molar-refractivity contribution in [2.24, 2.45) is 0 Å². The molecule has 1 aromatic heterocycles. The van der Waals surface area contributed by atoms with Crippen LogP contribution in [0.5, 0.6) is 0 Å². The van der Waals surface area contributed by atoms with Crippen molar-refractivity contribution in [1.29, 1.82) is 0 Å². The molecule has 0 aliphatic rings. The smallest absolute Gasteiger partial charge is 0.247 e. The summed E-state index contributed by atoms with van der Waals surface area (Å²) < 4.78 is 4.84. The lowest BCUT2D eigenvalue weighted by molar-refractivity contribution is -0.111. The predicted molar refractivity (Wildman–Crippen MR) is 51.6 cm³/mol. The van der Waals surface area contributed by atoms with Crippen LogP contribution in [0.4, 0.5) is 5.69 Å². The maximum atomic E-state index is 10.9. The highest BCUT2D eigenvalue weighted by molar-refractivity contribution is 5.98. The van der Waals surface area contributed by atoms with E-state index in [0.29, 0.717) is 18.1 Å². The molecule has 74 valence electrons. The molecule has 1 rings (SSSR count). The molecule has 0 radical (unpaired) electrons. The number of anilines is 1. The van der Waals surface area contributed by atoms with Gasteiger partial charge in [-0.2, -0.15) is 0 Å². The Morgan fingerprint density at radius 3 is 2.79 bits per heavy atom. The van der Waals surface area contributed by atoms with Crippen molar-refractivity contribution in [2.45, 2.75) is 6.61 Å². The molecule has 1 amide bonds. The summed E-state index contributed by atoms with van der Waals surface area (Å²) in [4.78, 5) is 18.8. The topological polar surface area (TPSA) is 64.1 Å². The minimum absolute atomic E-state index is 0.284. The summed E-state index contributed by atoms with van der Waals surface area (Å²) in [5.74, 6) is 0.289. The molecule has 14 heavy (non-hydrogen) atoms. The molecule has 0 saturated heterocycles. The van der Waals surface area contributed by atoms with Crippen LogP contribution in [0.2, 0.25) is 0 Å². The van der Waals surface area contributed by atoms with Crippen LogP contribution in [0.3, 0.4) is 0 Å². The normalized spacial score (nSPS) is 9.50. The number of carbonyl (C=O) groups is 1. The van der Waals surface area contributed by atoms with E-state index in [9.17, 15) is 4.79 Å². The van der Waals surface area contributed by atoms with Gasteiger partial charge in [-0.1, -0.05) is 6.58 Å². The lowest BCUT2D eigenvalue weighted by Gasteiger charge is -2.01. The van der Waals surface area contributed by atoms with E-state index in [2.05, 4.69) is 21.9 Å². The van der Waals surface area contributed by atoms with Crippen LogP contribution >= 0.6 is 0 Å². The fraction of sp³-hybridized carbons (Fsp3) is 0.222. The number of methoxy groups -OCH3 is 1. The number of aromatic nitrogens is 2. The molecule has 0 aliphatic carbocycles. The number of rotatable bonds is 4. The number of ether oxygens (including phenoxy) is 1. The molecule has 5 nitrogen and oxygen atoms in total. The number of hydrogen-bond donors (Lipinski definition) is 1. The van der Waals surface area contributed by atoms with E-state index in [1.54, 1.807) is 7.11 Å². The molecule has 0 unspecified atom stereocenters. The van der Waals surface area contributed by atoms with E-state index in [-0.39, 0.29) is 5.91 Å². The third-order valence-electron chi connectivity index (χ3n) is 1.43. The van der Waals surface area contributed by atoms with Gasteiger partial charge in [0.05, 0.1) is 18.1 Å². The summed E-state index contributed by atoms with van der Waals surface area (Å²) in [6.45, 7) is 3.69. The molecule has 0 fully saturated rings. The molecule has 5 heteroatoms. The first kappa shape index (κ1) is 10.3. The SMILES string of the molecule is C=CC(=O)Nc1cnc(COC)nc1. The maximum Gasteiger partial charge on any atom is 0.247 e. The predicted octanol–water partition coefficient (Wildman–Crippen LogP) is 0.747. The quantitative estimate of drug-likeness (QED) is 0.716. The first-order valence-corrected chi connectivity index (χ1v) is 3.99. The summed E-state index contributed by atoms with van der Waals surface area (Å²) in [6.07, 6.45) is 4.22. The maximum absolute atomic E-state index is 10.9. The number of amides is 1. The second-order valence-electron chi connectivity index (χ2n) is 2.51. The zero-order chi connectivity index (χ0) is 10.4. The average molecular weight is 193 g/mol. The third kappa shape index (κ3) is 2.95. The van der Waals surface area contributed by atoms with Gasteiger partial charge in [-0.15, -0.1) is 0 Å². The standard InChI is InChI=1S/C9H11N3O2/c1-3-9(13)12-7-4-10-8(6-14-2)11-5-7/h3-5H,1,6H2,2H3,(H,12,13). The Balaban J connectivity index is 2.63. The fourth-order valence-electron chi connectivity index (χ4n) is 0.816. The van der Waals surface area contributed by atoms with Gasteiger partial charge in [0.2, 0.25) is 5.91 Å². The molecule has 0 aromatic carbocycles. The van der Waals surface area contributed by atoms with Crippen molar-refractivity contribution in [3.63, 3.8) is 0 Å². The van der Waals surface area contributed by atoms with Crippen LogP contribution in [0, 0.1) is 0 Å². The highest BCUT2D eigenvalue weighted by atomic mass is 16.5. The van der Waals surface area contributed by atoms with Crippen molar-refractivity contribution < 1.29 is 9.53 Å². The van der Waals surface area contributed by atoms with Gasteiger partial charge >= 0.3 is 0 Å². The van der Waals surface area contributed by atoms with Gasteiger partial charge in [0.15, 0.2) is 5.82 Å². The van der Waals surface area contributed by atoms with E-state index < -0.39 is 0 Å². The molecule has 0 atom stereocenters. The molecular formula is C9H11N3O2. The van der Waals surface area contributed by atoms with Gasteiger partial charge in [-0.05, 0) is 6.08 Å². The summed E-state index contributed by atoms with van der Waals surface area (Å²) in [6, 6.07) is 0. The summed E-state index contributed by atoms with van der Waals surface area (Å²) >= 11 is 0. The molecular weight excluding hydrogens is 182 g/mol. The lowest BCUT2D eigenvalue weighted by Crippen LogP contribution is -2.08. The molecule has 0 bridgehead atoms. The van der Waals surface area contributed by atoms with Gasteiger partial charge in [0, 0.05) is 7.11 Å². The number of nitrogens with one attached hydrogen (secondary N) is 1. The molecule has 1 aromatic rings. The Hall–Kier alpha value is -1.75. The lowest BCUT2D eigenvalue weighted by atomic mass is 10.4. The molecule has 0 saturated carbocycles. The summed E-state index contributed by atoms with van der Waals surface area (Å²) in [7, 11) is 1.57. The van der Waals surface area contributed by atoms with E-state index >= 15 is 0 Å². The van der Waals surface area contributed by atoms with Gasteiger partial charge in [0.1, 0.15) is 6.61 Å². The number of nitrogens with zero attached hydrogens (tertiary/aromatic N) is 2. The average Bonchev–Trinajstić information content (AvgIpc) is 2.21. The van der Waals surface area contributed by atoms with Crippen molar-refractivity contribution in [1.82, 2.24) is 9.97 Å². The largest absolute Gasteiger partial charge is 0.377 e. The van der Waals surface area contributed by atoms with Crippen LogP contribution in [-0.2, 0) is 16.1 Å². The third-order valence-corrected chi connectivity index (χ3v) is 1.43. The zero-order valence-corrected chi connectivity index (χ0v) is 7.86. The number of carbonyl (C=O) groups excluding carboxylic acids is 1. The van der Waals surface area contributed by atoms with Gasteiger partial charge < -0.3 is 10.1 Å². The van der Waals surface area contributed by atoms with Crippen LogP contribution < -0.4 is 5.32 Å². The van der Waals surface area contributed by atoms with E-state index in [1.807, 2.05) is 0 Å². The first-order chi connectivity index (χ1) is 6.76. The van der Waals surface area contributed by atoms with Gasteiger partial charge in [-0.25, -0.2) is 9.97 Å². The zero-order valence-electron chi connectivity index (χ0n) is 7.86. The van der Waals surface area contributed by atoms with Gasteiger partial charge in [-0.3, -0.25) is 4.79 Å². The van der Waals surface area contributed by atoms with Crippen LogP contribution in [0.1, 0.15) is 5.82 Å². The highest BCUT2D eigenvalue weighted by Gasteiger charge is 1.99. The Morgan fingerprint density at radius 1 is 1.64 bits per heavy atom. The summed E-state index contributed by atoms with van der Waals surface area (Å²) in [5, 5.41) is 2.54. The Morgan fingerprint density at radius 2 is 2.29 bits per heavy atom. The first-order valence-electron chi connectivity index (χ1n) is 3.99. The minimum atomic E-state index is -0.284. The Bertz CT molecular complexity index is 321. The fourth-order valence-corrected chi connectivity index (χ4v) is 0.816. The molecule has 1 heterocycles. The van der Waals surface area contributed by atoms with Crippen molar-refractivity contribution >= 4 is 11.6 Å². The van der Waals surface area contributed by atoms with Crippen molar-refractivity contribution in [2.75, 3.05) is 12.4 Å². The number of hydrogen-bond acceptors (Lipinski definition) is 4. The monoisotopic (exact) mass is 193 g/mol. The van der Waals surface area contributed by atoms with Gasteiger partial charge in [0.25, 0.3) is 0 Å². The Kier molecular flexibility index (Phi) is 3.75. The molecule has 1 N–H and O–H groups in total. The summed E-state index contributed by atoms with van der Waals surface area (Å²) in [5.41, 5.74) is 0.537. The van der Waals surface area contributed by atoms with Crippen LogP contribution in [-0.4, -0.2) is 23.0 Å². The molecule has 0 aliphatic heterocycles. The van der Waals surface area contributed by atoms with E-state index in [0.717, 1.165) is 0 Å². The Labute approximate surface area is 81.8 Å². The second-order valence-corrected chi connectivity index (χ2v) is 2.51. The van der Waals surface area contributed by atoms with Crippen molar-refractivity contribution in [3.05, 3.63) is 30.9 Å². The minimum Gasteiger partial charge on any atom is -0.377 e. The molecule has 0 spiro atoms. The second kappa shape index (κ2) is 5.08. The van der Waals surface area contributed by atoms with Crippen LogP contribution in [0.15, 0.2) is 25.0 Å². The van der Waals surface area contributed by atoms with E-state index in [4.69, 9.17) is 4.74 Å². The highest BCUT2D eigenvalue weighted by Crippen LogP contribution is 2.03. The van der Waals surface area contributed by atoms with Crippen molar-refractivity contribution in [3.8, 4) is 0 Å².